The number of anilines is 1. The molecule has 0 amide bonds. The quantitative estimate of drug-likeness (QED) is 0.570. The van der Waals surface area contributed by atoms with E-state index in [9.17, 15) is 21.2 Å². The van der Waals surface area contributed by atoms with E-state index in [0.717, 1.165) is 23.2 Å². The topological polar surface area (TPSA) is 97.5 Å². The number of thioether (sulfide) groups is 1. The number of nitrogens with two attached hydrogens (primary N) is 1. The van der Waals surface area contributed by atoms with Gasteiger partial charge in [-0.05, 0) is 42.2 Å². The normalized spacial score (nSPS) is 12.0. The minimum atomic E-state index is -4.46. The van der Waals surface area contributed by atoms with Gasteiger partial charge in [0, 0.05) is 11.1 Å². The molecule has 0 saturated carbocycles. The first-order valence-electron chi connectivity index (χ1n) is 6.81. The molecule has 0 heterocycles. The highest BCUT2D eigenvalue weighted by atomic mass is 32.2. The molecule has 2 aromatic carbocycles. The molecule has 2 rings (SSSR count). The Labute approximate surface area is 151 Å². The summed E-state index contributed by atoms with van der Waals surface area (Å²) in [6.45, 7) is 0. The van der Waals surface area contributed by atoms with E-state index in [4.69, 9.17) is 5.14 Å². The Morgan fingerprint density at radius 3 is 2.32 bits per heavy atom. The van der Waals surface area contributed by atoms with Crippen LogP contribution in [0.4, 0.5) is 10.1 Å². The van der Waals surface area contributed by atoms with E-state index in [1.807, 2.05) is 18.4 Å². The molecule has 0 fully saturated rings. The molecular weight excluding hydrogens is 387 g/mol. The van der Waals surface area contributed by atoms with Gasteiger partial charge < -0.3 is 0 Å². The molecule has 0 unspecified atom stereocenters. The maximum absolute atomic E-state index is 13.9. The molecule has 134 valence electrons. The molecule has 0 radical (unpaired) electrons. The van der Waals surface area contributed by atoms with Crippen molar-refractivity contribution in [2.75, 3.05) is 10.6 Å². The van der Waals surface area contributed by atoms with Gasteiger partial charge in [-0.25, -0.2) is 30.7 Å². The Kier molecular flexibility index (Phi) is 6.22. The van der Waals surface area contributed by atoms with Crippen LogP contribution in [-0.2, 0) is 20.9 Å². The predicted molar refractivity (Wildman–Crippen MR) is 97.8 cm³/mol. The fourth-order valence-corrected chi connectivity index (χ4v) is 3.85. The van der Waals surface area contributed by atoms with Gasteiger partial charge in [0.05, 0.1) is 5.69 Å². The lowest BCUT2D eigenvalue weighted by molar-refractivity contribution is 0.568. The SMILES string of the molecule is CSc1ccc(C=CN(c2cccc(F)c2S(N)(=O)=O)[SH](=O)=O)cc1. The van der Waals surface area contributed by atoms with E-state index < -0.39 is 31.6 Å². The fraction of sp³-hybridized carbons (Fsp3) is 0.0667. The lowest BCUT2D eigenvalue weighted by atomic mass is 10.2. The summed E-state index contributed by atoms with van der Waals surface area (Å²) >= 11 is 1.56. The van der Waals surface area contributed by atoms with Crippen LogP contribution in [0, 0.1) is 5.82 Å². The van der Waals surface area contributed by atoms with Crippen molar-refractivity contribution >= 4 is 44.4 Å². The second kappa shape index (κ2) is 8.00. The van der Waals surface area contributed by atoms with Crippen LogP contribution in [0.1, 0.15) is 5.56 Å². The van der Waals surface area contributed by atoms with Gasteiger partial charge in [0.15, 0.2) is 0 Å². The summed E-state index contributed by atoms with van der Waals surface area (Å²) in [5.41, 5.74) is 0.309. The molecule has 0 bridgehead atoms. The van der Waals surface area contributed by atoms with E-state index in [-0.39, 0.29) is 5.69 Å². The van der Waals surface area contributed by atoms with Crippen LogP contribution in [0.5, 0.6) is 0 Å². The molecule has 0 saturated heterocycles. The minimum Gasteiger partial charge on any atom is -0.246 e. The number of nitrogens with zero attached hydrogens (tertiary/aromatic N) is 1. The molecule has 0 atom stereocenters. The van der Waals surface area contributed by atoms with Crippen molar-refractivity contribution < 1.29 is 21.2 Å². The van der Waals surface area contributed by atoms with Gasteiger partial charge in [0.2, 0.25) is 20.9 Å². The molecule has 10 heteroatoms. The van der Waals surface area contributed by atoms with E-state index in [1.54, 1.807) is 23.9 Å². The van der Waals surface area contributed by atoms with E-state index in [0.29, 0.717) is 9.87 Å². The van der Waals surface area contributed by atoms with Crippen LogP contribution in [0.15, 0.2) is 58.5 Å². The molecule has 0 aliphatic heterocycles. The van der Waals surface area contributed by atoms with Crippen molar-refractivity contribution in [3.63, 3.8) is 0 Å². The van der Waals surface area contributed by atoms with Crippen molar-refractivity contribution in [2.45, 2.75) is 9.79 Å². The average molecular weight is 402 g/mol. The van der Waals surface area contributed by atoms with Gasteiger partial charge in [0.1, 0.15) is 10.7 Å². The van der Waals surface area contributed by atoms with Gasteiger partial charge in [-0.3, -0.25) is 0 Å². The Balaban J connectivity index is 2.49. The van der Waals surface area contributed by atoms with E-state index in [1.165, 1.54) is 12.1 Å². The smallest absolute Gasteiger partial charge is 0.243 e. The Morgan fingerprint density at radius 1 is 1.16 bits per heavy atom. The van der Waals surface area contributed by atoms with Crippen LogP contribution in [-0.4, -0.2) is 23.1 Å². The first kappa shape index (κ1) is 19.4. The standard InChI is InChI=1S/C15H15FN2O4S3/c1-23-12-7-5-11(6-8-12)9-10-18(24(19)20)14-4-2-3-13(16)15(14)25(17,21)22/h2-10,24H,1H3,(H2,17,21,22). The molecule has 0 aliphatic carbocycles. The van der Waals surface area contributed by atoms with Gasteiger partial charge >= 0.3 is 0 Å². The van der Waals surface area contributed by atoms with Gasteiger partial charge in [-0.2, -0.15) is 0 Å². The number of rotatable bonds is 6. The van der Waals surface area contributed by atoms with Crippen molar-refractivity contribution in [1.29, 1.82) is 0 Å². The first-order chi connectivity index (χ1) is 11.7. The van der Waals surface area contributed by atoms with Crippen molar-refractivity contribution in [3.05, 3.63) is 60.0 Å². The highest BCUT2D eigenvalue weighted by Gasteiger charge is 2.23. The van der Waals surface area contributed by atoms with E-state index in [2.05, 4.69) is 0 Å². The molecular formula is C15H15FN2O4S3. The number of thiol groups is 1. The van der Waals surface area contributed by atoms with Gasteiger partial charge in [0.25, 0.3) is 0 Å². The highest BCUT2D eigenvalue weighted by molar-refractivity contribution is 7.98. The number of halogens is 1. The van der Waals surface area contributed by atoms with Crippen LogP contribution >= 0.6 is 11.8 Å². The lowest BCUT2D eigenvalue weighted by Gasteiger charge is -2.16. The summed E-state index contributed by atoms with van der Waals surface area (Å²) in [6, 6.07) is 10.5. The third kappa shape index (κ3) is 4.82. The van der Waals surface area contributed by atoms with Crippen molar-refractivity contribution in [3.8, 4) is 0 Å². The van der Waals surface area contributed by atoms with Crippen LogP contribution in [0.25, 0.3) is 6.08 Å². The third-order valence-electron chi connectivity index (χ3n) is 3.18. The Bertz CT molecular complexity index is 963. The number of primary sulfonamides is 1. The zero-order chi connectivity index (χ0) is 18.6. The summed E-state index contributed by atoms with van der Waals surface area (Å²) < 4.78 is 60.9. The monoisotopic (exact) mass is 402 g/mol. The molecule has 2 N–H and O–H groups in total. The molecule has 2 aromatic rings. The summed E-state index contributed by atoms with van der Waals surface area (Å²) in [6.07, 6.45) is 4.53. The second-order valence-electron chi connectivity index (χ2n) is 4.80. The largest absolute Gasteiger partial charge is 0.246 e. The Hall–Kier alpha value is -1.88. The zero-order valence-electron chi connectivity index (χ0n) is 13.0. The van der Waals surface area contributed by atoms with Crippen LogP contribution in [0.3, 0.4) is 0 Å². The fourth-order valence-electron chi connectivity index (χ4n) is 2.05. The second-order valence-corrected chi connectivity index (χ2v) is 8.09. The number of hydrogen-bond donors (Lipinski definition) is 2. The van der Waals surface area contributed by atoms with Gasteiger partial charge in [-0.15, -0.1) is 11.8 Å². The number of benzene rings is 2. The third-order valence-corrected chi connectivity index (χ3v) is 5.59. The van der Waals surface area contributed by atoms with Crippen LogP contribution in [0.2, 0.25) is 0 Å². The lowest BCUT2D eigenvalue weighted by Crippen LogP contribution is -2.21. The minimum absolute atomic E-state index is 0.379. The summed E-state index contributed by atoms with van der Waals surface area (Å²) in [5.74, 6) is -1.13. The molecule has 0 aliphatic rings. The molecule has 0 aromatic heterocycles. The van der Waals surface area contributed by atoms with Gasteiger partial charge in [-0.1, -0.05) is 18.2 Å². The maximum Gasteiger partial charge on any atom is 0.243 e. The highest BCUT2D eigenvalue weighted by Crippen LogP contribution is 2.28. The van der Waals surface area contributed by atoms with E-state index >= 15 is 0 Å². The predicted octanol–water partition coefficient (Wildman–Crippen LogP) is 2.20. The number of sulfonamides is 1. The summed E-state index contributed by atoms with van der Waals surface area (Å²) in [5, 5.41) is 5.02. The molecule has 6 nitrogen and oxygen atoms in total. The maximum atomic E-state index is 13.9. The zero-order valence-corrected chi connectivity index (χ0v) is 15.5. The summed E-state index contributed by atoms with van der Waals surface area (Å²) in [4.78, 5) is 0.155. The summed E-state index contributed by atoms with van der Waals surface area (Å²) in [7, 11) is -7.72. The van der Waals surface area contributed by atoms with Crippen LogP contribution < -0.4 is 9.44 Å². The Morgan fingerprint density at radius 2 is 1.80 bits per heavy atom. The first-order valence-corrected chi connectivity index (χ1v) is 10.7. The van der Waals surface area contributed by atoms with Crippen molar-refractivity contribution in [1.82, 2.24) is 0 Å². The molecule has 0 spiro atoms. The number of hydrogen-bond acceptors (Lipinski definition) is 5. The molecule has 25 heavy (non-hydrogen) atoms. The van der Waals surface area contributed by atoms with Crippen molar-refractivity contribution in [2.24, 2.45) is 5.14 Å². The average Bonchev–Trinajstić information content (AvgIpc) is 2.54.